The second kappa shape index (κ2) is 7.67. The Balaban J connectivity index is 2.52. The van der Waals surface area contributed by atoms with E-state index in [9.17, 15) is 4.79 Å². The van der Waals surface area contributed by atoms with Crippen LogP contribution >= 0.6 is 0 Å². The van der Waals surface area contributed by atoms with Gasteiger partial charge in [-0.3, -0.25) is 9.69 Å². The largest absolute Gasteiger partial charge is 0.468 e. The van der Waals surface area contributed by atoms with Gasteiger partial charge >= 0.3 is 5.97 Å². The lowest BCUT2D eigenvalue weighted by molar-refractivity contribution is -0.143. The summed E-state index contributed by atoms with van der Waals surface area (Å²) in [6.07, 6.45) is 5.19. The Hall–Kier alpha value is -0.610. The first-order valence-electron chi connectivity index (χ1n) is 6.78. The van der Waals surface area contributed by atoms with Gasteiger partial charge in [0.15, 0.2) is 0 Å². The maximum Gasteiger partial charge on any atom is 0.324 e. The van der Waals surface area contributed by atoms with Gasteiger partial charge in [-0.25, -0.2) is 0 Å². The molecule has 1 unspecified atom stereocenters. The van der Waals surface area contributed by atoms with Crippen LogP contribution in [-0.2, 0) is 9.53 Å². The third-order valence-corrected chi connectivity index (χ3v) is 3.60. The van der Waals surface area contributed by atoms with E-state index >= 15 is 0 Å². The molecule has 100 valence electrons. The number of rotatable bonds is 7. The van der Waals surface area contributed by atoms with Gasteiger partial charge in [-0.2, -0.15) is 0 Å². The van der Waals surface area contributed by atoms with Crippen LogP contribution in [0.3, 0.4) is 0 Å². The van der Waals surface area contributed by atoms with E-state index in [1.165, 1.54) is 32.8 Å². The van der Waals surface area contributed by atoms with E-state index in [4.69, 9.17) is 4.74 Å². The van der Waals surface area contributed by atoms with Crippen LogP contribution in [0.15, 0.2) is 0 Å². The number of esters is 1. The molecule has 1 atom stereocenters. The minimum atomic E-state index is -0.189. The van der Waals surface area contributed by atoms with Crippen LogP contribution in [0.25, 0.3) is 0 Å². The maximum absolute atomic E-state index is 11.7. The summed E-state index contributed by atoms with van der Waals surface area (Å²) >= 11 is 0. The van der Waals surface area contributed by atoms with E-state index in [0.29, 0.717) is 6.04 Å². The van der Waals surface area contributed by atoms with Crippen molar-refractivity contribution in [1.29, 1.82) is 0 Å². The van der Waals surface area contributed by atoms with Gasteiger partial charge in [0.1, 0.15) is 6.04 Å². The average molecular weight is 242 g/mol. The summed E-state index contributed by atoms with van der Waals surface area (Å²) in [7, 11) is 1.46. The molecule has 1 fully saturated rings. The molecule has 0 aromatic heterocycles. The summed E-state index contributed by atoms with van der Waals surface area (Å²) in [5.74, 6) is -0.150. The van der Waals surface area contributed by atoms with Gasteiger partial charge in [0.05, 0.1) is 7.11 Å². The summed E-state index contributed by atoms with van der Waals surface area (Å²) in [5.41, 5.74) is 0. The first-order valence-corrected chi connectivity index (χ1v) is 6.78. The van der Waals surface area contributed by atoms with Crippen LogP contribution in [0, 0.1) is 0 Å². The number of nitrogens with zero attached hydrogens (tertiary/aromatic N) is 1. The van der Waals surface area contributed by atoms with Crippen LogP contribution in [0.1, 0.15) is 39.5 Å². The third kappa shape index (κ3) is 4.28. The highest BCUT2D eigenvalue weighted by Crippen LogP contribution is 2.23. The standard InChI is InChI=1S/C13H26N2O2/c1-4-14-12(13(16)17-3)10-15(5-2)11-8-6-7-9-11/h11-12,14H,4-10H2,1-3H3. The molecule has 1 saturated carbocycles. The van der Waals surface area contributed by atoms with Crippen molar-refractivity contribution in [1.82, 2.24) is 10.2 Å². The number of carbonyl (C=O) groups excluding carboxylic acids is 1. The van der Waals surface area contributed by atoms with Crippen molar-refractivity contribution in [2.24, 2.45) is 0 Å². The number of hydrogen-bond acceptors (Lipinski definition) is 4. The molecule has 0 saturated heterocycles. The van der Waals surface area contributed by atoms with E-state index in [1.54, 1.807) is 0 Å². The highest BCUT2D eigenvalue weighted by molar-refractivity contribution is 5.75. The number of likely N-dealkylation sites (N-methyl/N-ethyl adjacent to an activating group) is 2. The van der Waals surface area contributed by atoms with Crippen molar-refractivity contribution in [2.75, 3.05) is 26.7 Å². The quantitative estimate of drug-likeness (QED) is 0.685. The van der Waals surface area contributed by atoms with E-state index < -0.39 is 0 Å². The van der Waals surface area contributed by atoms with Crippen molar-refractivity contribution in [3.63, 3.8) is 0 Å². The van der Waals surface area contributed by atoms with E-state index in [1.807, 2.05) is 6.92 Å². The lowest BCUT2D eigenvalue weighted by atomic mass is 10.1. The Bertz CT molecular complexity index is 227. The molecule has 0 aliphatic heterocycles. The molecular weight excluding hydrogens is 216 g/mol. The molecule has 1 aliphatic rings. The second-order valence-electron chi connectivity index (χ2n) is 4.66. The van der Waals surface area contributed by atoms with Crippen LogP contribution < -0.4 is 5.32 Å². The van der Waals surface area contributed by atoms with Crippen LogP contribution in [0.4, 0.5) is 0 Å². The average Bonchev–Trinajstić information content (AvgIpc) is 2.87. The van der Waals surface area contributed by atoms with Crippen LogP contribution in [0.2, 0.25) is 0 Å². The summed E-state index contributed by atoms with van der Waals surface area (Å²) in [6.45, 7) is 6.74. The molecule has 1 rings (SSSR count). The monoisotopic (exact) mass is 242 g/mol. The number of ether oxygens (including phenoxy) is 1. The molecule has 0 aromatic rings. The molecule has 0 amide bonds. The van der Waals surface area contributed by atoms with Crippen LogP contribution in [0.5, 0.6) is 0 Å². The summed E-state index contributed by atoms with van der Waals surface area (Å²) in [4.78, 5) is 14.1. The predicted octanol–water partition coefficient (Wildman–Crippen LogP) is 1.40. The number of methoxy groups -OCH3 is 1. The lowest BCUT2D eigenvalue weighted by Gasteiger charge is -2.30. The lowest BCUT2D eigenvalue weighted by Crippen LogP contribution is -2.49. The van der Waals surface area contributed by atoms with Crippen molar-refractivity contribution < 1.29 is 9.53 Å². The predicted molar refractivity (Wildman–Crippen MR) is 69.0 cm³/mol. The molecule has 4 heteroatoms. The zero-order valence-corrected chi connectivity index (χ0v) is 11.4. The summed E-state index contributed by atoms with van der Waals surface area (Å²) in [5, 5.41) is 3.21. The smallest absolute Gasteiger partial charge is 0.324 e. The fraction of sp³-hybridized carbons (Fsp3) is 0.923. The first kappa shape index (κ1) is 14.5. The Kier molecular flexibility index (Phi) is 6.52. The van der Waals surface area contributed by atoms with Crippen molar-refractivity contribution >= 4 is 5.97 Å². The molecule has 0 spiro atoms. The maximum atomic E-state index is 11.7. The molecule has 1 N–H and O–H groups in total. The van der Waals surface area contributed by atoms with Crippen LogP contribution in [-0.4, -0.2) is 49.7 Å². The van der Waals surface area contributed by atoms with Gasteiger partial charge in [-0.1, -0.05) is 26.7 Å². The van der Waals surface area contributed by atoms with Gasteiger partial charge in [0, 0.05) is 12.6 Å². The van der Waals surface area contributed by atoms with Gasteiger partial charge in [0.2, 0.25) is 0 Å². The Morgan fingerprint density at radius 3 is 2.53 bits per heavy atom. The molecule has 0 bridgehead atoms. The summed E-state index contributed by atoms with van der Waals surface area (Å²) in [6, 6.07) is 0.469. The molecular formula is C13H26N2O2. The van der Waals surface area contributed by atoms with Gasteiger partial charge in [0.25, 0.3) is 0 Å². The Labute approximate surface area is 105 Å². The normalized spacial score (nSPS) is 18.6. The zero-order valence-electron chi connectivity index (χ0n) is 11.4. The fourth-order valence-corrected chi connectivity index (χ4v) is 2.65. The second-order valence-corrected chi connectivity index (χ2v) is 4.66. The van der Waals surface area contributed by atoms with E-state index in [2.05, 4.69) is 17.1 Å². The fourth-order valence-electron chi connectivity index (χ4n) is 2.65. The van der Waals surface area contributed by atoms with E-state index in [-0.39, 0.29) is 12.0 Å². The molecule has 0 radical (unpaired) electrons. The highest BCUT2D eigenvalue weighted by Gasteiger charge is 2.26. The first-order chi connectivity index (χ1) is 8.22. The molecule has 0 heterocycles. The zero-order chi connectivity index (χ0) is 12.7. The highest BCUT2D eigenvalue weighted by atomic mass is 16.5. The van der Waals surface area contributed by atoms with Gasteiger partial charge in [-0.05, 0) is 25.9 Å². The van der Waals surface area contributed by atoms with E-state index in [0.717, 1.165) is 19.6 Å². The molecule has 4 nitrogen and oxygen atoms in total. The topological polar surface area (TPSA) is 41.6 Å². The van der Waals surface area contributed by atoms with Crippen molar-refractivity contribution in [2.45, 2.75) is 51.6 Å². The minimum absolute atomic E-state index is 0.150. The molecule has 1 aliphatic carbocycles. The van der Waals surface area contributed by atoms with Crippen molar-refractivity contribution in [3.05, 3.63) is 0 Å². The van der Waals surface area contributed by atoms with Crippen molar-refractivity contribution in [3.8, 4) is 0 Å². The van der Waals surface area contributed by atoms with Gasteiger partial charge in [-0.15, -0.1) is 0 Å². The molecule has 17 heavy (non-hydrogen) atoms. The number of nitrogens with one attached hydrogen (secondary N) is 1. The molecule has 0 aromatic carbocycles. The number of carbonyl (C=O) groups is 1. The number of hydrogen-bond donors (Lipinski definition) is 1. The summed E-state index contributed by atoms with van der Waals surface area (Å²) < 4.78 is 4.84. The SMILES string of the molecule is CCNC(CN(CC)C1CCCC1)C(=O)OC. The Morgan fingerprint density at radius 1 is 1.41 bits per heavy atom. The van der Waals surface area contributed by atoms with Gasteiger partial charge < -0.3 is 10.1 Å². The third-order valence-electron chi connectivity index (χ3n) is 3.60. The Morgan fingerprint density at radius 2 is 2.06 bits per heavy atom. The minimum Gasteiger partial charge on any atom is -0.468 e.